The fourth-order valence-corrected chi connectivity index (χ4v) is 2.52. The minimum atomic E-state index is -1.05. The Balaban J connectivity index is 2.29. The fraction of sp³-hybridized carbons (Fsp3) is 0.632. The summed E-state index contributed by atoms with van der Waals surface area (Å²) in [6, 6.07) is 9.35. The average Bonchev–Trinajstić information content (AvgIpc) is 2.42. The maximum absolute atomic E-state index is 11.6. The van der Waals surface area contributed by atoms with Gasteiger partial charge < -0.3 is 14.9 Å². The van der Waals surface area contributed by atoms with Crippen LogP contribution in [0.15, 0.2) is 30.3 Å². The Hall–Kier alpha value is -1.39. The van der Waals surface area contributed by atoms with Gasteiger partial charge in [0.2, 0.25) is 0 Å². The van der Waals surface area contributed by atoms with Crippen LogP contribution in [0.3, 0.4) is 0 Å². The number of rotatable bonds is 8. The lowest BCUT2D eigenvalue weighted by atomic mass is 9.88. The standard InChI is InChI=1S/C19H30O4/c1-18(2,3)23-17(21)13-9-8-12-16(20)14-19(4,22)15-10-6-5-7-11-15/h5-7,10-11,16,20,22H,8-9,12-14H2,1-4H3/t16-,19+/m0/s1. The van der Waals surface area contributed by atoms with Crippen LogP contribution in [0.2, 0.25) is 0 Å². The second-order valence-electron chi connectivity index (χ2n) is 7.33. The van der Waals surface area contributed by atoms with Crippen LogP contribution in [-0.4, -0.2) is 27.9 Å². The maximum atomic E-state index is 11.6. The minimum absolute atomic E-state index is 0.205. The Morgan fingerprint density at radius 3 is 2.30 bits per heavy atom. The lowest BCUT2D eigenvalue weighted by Gasteiger charge is -2.26. The predicted octanol–water partition coefficient (Wildman–Crippen LogP) is 3.55. The molecule has 130 valence electrons. The SMILES string of the molecule is CC(C)(C)OC(=O)CCCC[C@H](O)C[C@@](C)(O)c1ccccc1. The smallest absolute Gasteiger partial charge is 0.306 e. The highest BCUT2D eigenvalue weighted by Crippen LogP contribution is 2.27. The van der Waals surface area contributed by atoms with E-state index in [1.54, 1.807) is 6.92 Å². The molecular formula is C19H30O4. The molecule has 0 aromatic heterocycles. The molecular weight excluding hydrogens is 292 g/mol. The molecule has 1 aromatic rings. The Kier molecular flexibility index (Phi) is 7.23. The molecule has 0 amide bonds. The normalized spacial score (nSPS) is 15.7. The molecule has 4 nitrogen and oxygen atoms in total. The Labute approximate surface area is 139 Å². The van der Waals surface area contributed by atoms with E-state index < -0.39 is 17.3 Å². The summed E-state index contributed by atoms with van der Waals surface area (Å²) in [5.41, 5.74) is -0.704. The summed E-state index contributed by atoms with van der Waals surface area (Å²) in [5, 5.41) is 20.6. The largest absolute Gasteiger partial charge is 0.460 e. The van der Waals surface area contributed by atoms with Crippen LogP contribution in [-0.2, 0) is 15.1 Å². The number of esters is 1. The number of carbonyl (C=O) groups is 1. The van der Waals surface area contributed by atoms with Crippen LogP contribution < -0.4 is 0 Å². The number of aliphatic hydroxyl groups is 2. The van der Waals surface area contributed by atoms with E-state index in [4.69, 9.17) is 4.74 Å². The van der Waals surface area contributed by atoms with E-state index in [0.717, 1.165) is 12.0 Å². The number of ether oxygens (including phenoxy) is 1. The van der Waals surface area contributed by atoms with Gasteiger partial charge in [-0.15, -0.1) is 0 Å². The van der Waals surface area contributed by atoms with Gasteiger partial charge in [0.25, 0.3) is 0 Å². The van der Waals surface area contributed by atoms with Gasteiger partial charge in [-0.2, -0.15) is 0 Å². The zero-order valence-corrected chi connectivity index (χ0v) is 14.7. The van der Waals surface area contributed by atoms with Gasteiger partial charge in [-0.1, -0.05) is 36.8 Å². The Bertz CT molecular complexity index is 474. The van der Waals surface area contributed by atoms with E-state index in [1.807, 2.05) is 51.1 Å². The molecule has 0 fully saturated rings. The summed E-state index contributed by atoms with van der Waals surface area (Å²) < 4.78 is 5.24. The fourth-order valence-electron chi connectivity index (χ4n) is 2.52. The molecule has 1 rings (SSSR count). The van der Waals surface area contributed by atoms with Crippen LogP contribution in [0.5, 0.6) is 0 Å². The summed E-state index contributed by atoms with van der Waals surface area (Å²) in [4.78, 5) is 11.6. The van der Waals surface area contributed by atoms with Crippen molar-refractivity contribution in [1.82, 2.24) is 0 Å². The average molecular weight is 322 g/mol. The highest BCUT2D eigenvalue weighted by molar-refractivity contribution is 5.69. The molecule has 23 heavy (non-hydrogen) atoms. The van der Waals surface area contributed by atoms with Gasteiger partial charge in [0.05, 0.1) is 11.7 Å². The summed E-state index contributed by atoms with van der Waals surface area (Å²) in [6.45, 7) is 7.26. The van der Waals surface area contributed by atoms with Crippen molar-refractivity contribution in [2.24, 2.45) is 0 Å². The van der Waals surface area contributed by atoms with Crippen molar-refractivity contribution in [2.75, 3.05) is 0 Å². The zero-order valence-electron chi connectivity index (χ0n) is 14.7. The topological polar surface area (TPSA) is 66.8 Å². The number of aliphatic hydroxyl groups excluding tert-OH is 1. The quantitative estimate of drug-likeness (QED) is 0.567. The molecule has 0 radical (unpaired) electrons. The van der Waals surface area contributed by atoms with Gasteiger partial charge in [-0.05, 0) is 46.1 Å². The van der Waals surface area contributed by atoms with E-state index in [0.29, 0.717) is 19.3 Å². The molecule has 0 aliphatic heterocycles. The first-order chi connectivity index (χ1) is 10.6. The molecule has 0 aliphatic rings. The van der Waals surface area contributed by atoms with E-state index >= 15 is 0 Å². The molecule has 1 aromatic carbocycles. The summed E-state index contributed by atoms with van der Waals surface area (Å²) in [6.07, 6.45) is 2.02. The lowest BCUT2D eigenvalue weighted by Crippen LogP contribution is -2.27. The summed E-state index contributed by atoms with van der Waals surface area (Å²) in [7, 11) is 0. The van der Waals surface area contributed by atoms with Crippen molar-refractivity contribution in [1.29, 1.82) is 0 Å². The van der Waals surface area contributed by atoms with Gasteiger partial charge in [0.15, 0.2) is 0 Å². The number of benzene rings is 1. The van der Waals surface area contributed by atoms with Crippen LogP contribution in [0, 0.1) is 0 Å². The van der Waals surface area contributed by atoms with E-state index in [1.165, 1.54) is 0 Å². The van der Waals surface area contributed by atoms with Crippen LogP contribution in [0.25, 0.3) is 0 Å². The van der Waals surface area contributed by atoms with Crippen molar-refractivity contribution in [3.8, 4) is 0 Å². The molecule has 0 bridgehead atoms. The van der Waals surface area contributed by atoms with Gasteiger partial charge in [-0.3, -0.25) is 4.79 Å². The number of hydrogen-bond donors (Lipinski definition) is 2. The molecule has 0 unspecified atom stereocenters. The number of hydrogen-bond acceptors (Lipinski definition) is 4. The molecule has 4 heteroatoms. The molecule has 0 heterocycles. The number of unbranched alkanes of at least 4 members (excludes halogenated alkanes) is 1. The zero-order chi connectivity index (χ0) is 17.5. The molecule has 0 saturated heterocycles. The van der Waals surface area contributed by atoms with Crippen molar-refractivity contribution in [3.05, 3.63) is 35.9 Å². The third kappa shape index (κ3) is 8.14. The monoisotopic (exact) mass is 322 g/mol. The molecule has 2 atom stereocenters. The Morgan fingerprint density at radius 1 is 1.13 bits per heavy atom. The van der Waals surface area contributed by atoms with Crippen LogP contribution >= 0.6 is 0 Å². The van der Waals surface area contributed by atoms with Gasteiger partial charge in [-0.25, -0.2) is 0 Å². The molecule has 2 N–H and O–H groups in total. The van der Waals surface area contributed by atoms with Gasteiger partial charge in [0, 0.05) is 12.8 Å². The molecule has 0 aliphatic carbocycles. The second-order valence-corrected chi connectivity index (χ2v) is 7.33. The maximum Gasteiger partial charge on any atom is 0.306 e. The van der Waals surface area contributed by atoms with Crippen molar-refractivity contribution in [2.45, 2.75) is 77.1 Å². The van der Waals surface area contributed by atoms with Crippen molar-refractivity contribution < 1.29 is 19.7 Å². The predicted molar refractivity (Wildman–Crippen MR) is 90.9 cm³/mol. The summed E-state index contributed by atoms with van der Waals surface area (Å²) in [5.74, 6) is -0.205. The highest BCUT2D eigenvalue weighted by atomic mass is 16.6. The van der Waals surface area contributed by atoms with Crippen LogP contribution in [0.4, 0.5) is 0 Å². The van der Waals surface area contributed by atoms with Crippen molar-refractivity contribution in [3.63, 3.8) is 0 Å². The first-order valence-corrected chi connectivity index (χ1v) is 8.28. The van der Waals surface area contributed by atoms with E-state index in [-0.39, 0.29) is 12.4 Å². The highest BCUT2D eigenvalue weighted by Gasteiger charge is 2.26. The first kappa shape index (κ1) is 19.7. The minimum Gasteiger partial charge on any atom is -0.460 e. The third-order valence-corrected chi connectivity index (χ3v) is 3.62. The van der Waals surface area contributed by atoms with Gasteiger partial charge in [0.1, 0.15) is 5.60 Å². The second kappa shape index (κ2) is 8.46. The lowest BCUT2D eigenvalue weighted by molar-refractivity contribution is -0.155. The molecule has 0 saturated carbocycles. The van der Waals surface area contributed by atoms with E-state index in [9.17, 15) is 15.0 Å². The van der Waals surface area contributed by atoms with Crippen LogP contribution in [0.1, 0.15) is 65.4 Å². The van der Waals surface area contributed by atoms with E-state index in [2.05, 4.69) is 0 Å². The van der Waals surface area contributed by atoms with Crippen molar-refractivity contribution >= 4 is 5.97 Å². The molecule has 0 spiro atoms. The summed E-state index contributed by atoms with van der Waals surface area (Å²) >= 11 is 0. The first-order valence-electron chi connectivity index (χ1n) is 8.28. The third-order valence-electron chi connectivity index (χ3n) is 3.62. The van der Waals surface area contributed by atoms with Gasteiger partial charge >= 0.3 is 5.97 Å². The Morgan fingerprint density at radius 2 is 1.74 bits per heavy atom. The number of carbonyl (C=O) groups excluding carboxylic acids is 1.